The summed E-state index contributed by atoms with van der Waals surface area (Å²) in [6.07, 6.45) is 5.47. The second-order valence-corrected chi connectivity index (χ2v) is 9.59. The molecule has 30 heavy (non-hydrogen) atoms. The van der Waals surface area contributed by atoms with Crippen LogP contribution in [0.25, 0.3) is 0 Å². The van der Waals surface area contributed by atoms with E-state index < -0.39 is 0 Å². The summed E-state index contributed by atoms with van der Waals surface area (Å²) in [5, 5.41) is 2.85. The predicted molar refractivity (Wildman–Crippen MR) is 116 cm³/mol. The molecule has 5 nitrogen and oxygen atoms in total. The Morgan fingerprint density at radius 1 is 0.933 bits per heavy atom. The Bertz CT molecular complexity index is 1090. The topological polar surface area (TPSA) is 66.5 Å². The molecule has 150 valence electrons. The highest BCUT2D eigenvalue weighted by atomic mass is 79.9. The summed E-state index contributed by atoms with van der Waals surface area (Å²) in [5.41, 5.74) is 1.57. The molecule has 0 radical (unpaired) electrons. The van der Waals surface area contributed by atoms with Crippen LogP contribution in [0, 0.1) is 35.5 Å². The third-order valence-electron chi connectivity index (χ3n) is 7.13. The van der Waals surface area contributed by atoms with Crippen LogP contribution in [-0.2, 0) is 9.59 Å². The highest BCUT2D eigenvalue weighted by molar-refractivity contribution is 9.10. The summed E-state index contributed by atoms with van der Waals surface area (Å²) in [5.74, 6) is 0.541. The average molecular weight is 463 g/mol. The smallest absolute Gasteiger partial charge is 0.255 e. The van der Waals surface area contributed by atoms with Crippen molar-refractivity contribution < 1.29 is 14.4 Å². The van der Waals surface area contributed by atoms with Gasteiger partial charge in [0.25, 0.3) is 5.91 Å². The highest BCUT2D eigenvalue weighted by Gasteiger charge is 2.67. The van der Waals surface area contributed by atoms with E-state index in [1.165, 1.54) is 4.90 Å². The van der Waals surface area contributed by atoms with Crippen molar-refractivity contribution in [2.75, 3.05) is 10.2 Å². The van der Waals surface area contributed by atoms with Crippen molar-refractivity contribution >= 4 is 45.0 Å². The van der Waals surface area contributed by atoms with Gasteiger partial charge in [0.05, 0.1) is 17.5 Å². The number of carbonyl (C=O) groups is 3. The Morgan fingerprint density at radius 2 is 1.57 bits per heavy atom. The quantitative estimate of drug-likeness (QED) is 0.547. The van der Waals surface area contributed by atoms with Gasteiger partial charge in [-0.1, -0.05) is 34.1 Å². The molecule has 5 aliphatic rings. The van der Waals surface area contributed by atoms with Gasteiger partial charge in [0.2, 0.25) is 11.8 Å². The number of allylic oxidation sites excluding steroid dienone is 2. The van der Waals surface area contributed by atoms with E-state index in [0.717, 1.165) is 10.9 Å². The number of hydrogen-bond donors (Lipinski definition) is 1. The molecule has 0 aromatic heterocycles. The molecular weight excluding hydrogens is 444 g/mol. The number of nitrogens with zero attached hydrogens (tertiary/aromatic N) is 1. The first kappa shape index (κ1) is 18.1. The maximum atomic E-state index is 13.3. The third kappa shape index (κ3) is 2.56. The summed E-state index contributed by atoms with van der Waals surface area (Å²) in [4.78, 5) is 40.6. The monoisotopic (exact) mass is 462 g/mol. The molecule has 1 aliphatic heterocycles. The molecule has 2 aromatic carbocycles. The molecule has 6 heteroatoms. The summed E-state index contributed by atoms with van der Waals surface area (Å²) >= 11 is 3.37. The van der Waals surface area contributed by atoms with Gasteiger partial charge in [0, 0.05) is 15.7 Å². The fourth-order valence-electron chi connectivity index (χ4n) is 5.73. The first-order valence-electron chi connectivity index (χ1n) is 10.3. The van der Waals surface area contributed by atoms with Crippen LogP contribution in [0.15, 0.2) is 65.2 Å². The zero-order chi connectivity index (χ0) is 20.6. The Morgan fingerprint density at radius 3 is 2.20 bits per heavy atom. The number of nitrogens with one attached hydrogen (secondary N) is 1. The van der Waals surface area contributed by atoms with Crippen molar-refractivity contribution in [2.24, 2.45) is 35.5 Å². The molecule has 4 aliphatic carbocycles. The van der Waals surface area contributed by atoms with Gasteiger partial charge < -0.3 is 5.32 Å². The number of rotatable bonds is 3. The van der Waals surface area contributed by atoms with E-state index >= 15 is 0 Å². The van der Waals surface area contributed by atoms with E-state index in [1.54, 1.807) is 36.4 Å². The Kier molecular flexibility index (Phi) is 3.84. The van der Waals surface area contributed by atoms with Gasteiger partial charge in [-0.25, -0.2) is 4.90 Å². The number of halogens is 1. The lowest BCUT2D eigenvalue weighted by molar-refractivity contribution is -0.124. The van der Waals surface area contributed by atoms with Gasteiger partial charge >= 0.3 is 0 Å². The number of benzene rings is 2. The number of anilines is 2. The lowest BCUT2D eigenvalue weighted by Crippen LogP contribution is -2.40. The van der Waals surface area contributed by atoms with Crippen LogP contribution in [0.3, 0.4) is 0 Å². The minimum Gasteiger partial charge on any atom is -0.322 e. The van der Waals surface area contributed by atoms with Crippen LogP contribution >= 0.6 is 15.9 Å². The standard InChI is InChI=1S/C24H19BrN2O3/c25-13-4-6-14(7-5-13)26-22(28)12-2-1-3-15(10-12)27-23(29)20-16-8-9-17(19-11-18(16)19)21(20)24(27)30/h1-10,16-21H,11H2,(H,26,28)/t16-,17-,18-,19-,20-,21+/m0/s1. The average Bonchev–Trinajstić information content (AvgIpc) is 3.53. The predicted octanol–water partition coefficient (Wildman–Crippen LogP) is 4.26. The van der Waals surface area contributed by atoms with E-state index in [1.807, 2.05) is 12.1 Å². The molecule has 3 amide bonds. The van der Waals surface area contributed by atoms with Crippen LogP contribution in [0.5, 0.6) is 0 Å². The van der Waals surface area contributed by atoms with E-state index in [-0.39, 0.29) is 41.4 Å². The molecule has 7 rings (SSSR count). The van der Waals surface area contributed by atoms with Crippen molar-refractivity contribution in [1.29, 1.82) is 0 Å². The van der Waals surface area contributed by atoms with Gasteiger partial charge in [-0.05, 0) is 72.6 Å². The number of amides is 3. The summed E-state index contributed by atoms with van der Waals surface area (Å²) in [6.45, 7) is 0. The molecule has 1 N–H and O–H groups in total. The molecule has 0 spiro atoms. The molecule has 2 saturated carbocycles. The minimum absolute atomic E-state index is 0.111. The molecule has 2 aromatic rings. The maximum Gasteiger partial charge on any atom is 0.255 e. The largest absolute Gasteiger partial charge is 0.322 e. The zero-order valence-corrected chi connectivity index (χ0v) is 17.6. The van der Waals surface area contributed by atoms with Gasteiger partial charge in [-0.15, -0.1) is 0 Å². The normalized spacial score (nSPS) is 32.8. The van der Waals surface area contributed by atoms with Crippen molar-refractivity contribution in [3.63, 3.8) is 0 Å². The zero-order valence-electron chi connectivity index (χ0n) is 16.0. The molecule has 1 saturated heterocycles. The van der Waals surface area contributed by atoms with E-state index in [4.69, 9.17) is 0 Å². The van der Waals surface area contributed by atoms with E-state index in [9.17, 15) is 14.4 Å². The van der Waals surface area contributed by atoms with Crippen LogP contribution in [0.1, 0.15) is 16.8 Å². The molecule has 2 bridgehead atoms. The van der Waals surface area contributed by atoms with Crippen LogP contribution in [0.4, 0.5) is 11.4 Å². The molecule has 0 unspecified atom stereocenters. The number of carbonyl (C=O) groups excluding carboxylic acids is 3. The van der Waals surface area contributed by atoms with Gasteiger partial charge in [0.15, 0.2) is 0 Å². The minimum atomic E-state index is -0.279. The lowest BCUT2D eigenvalue weighted by atomic mass is 9.63. The Balaban J connectivity index is 1.28. The third-order valence-corrected chi connectivity index (χ3v) is 7.66. The summed E-state index contributed by atoms with van der Waals surface area (Å²) < 4.78 is 0.927. The van der Waals surface area contributed by atoms with E-state index in [2.05, 4.69) is 33.4 Å². The molecule has 1 heterocycles. The Labute approximate surface area is 182 Å². The van der Waals surface area contributed by atoms with E-state index in [0.29, 0.717) is 28.8 Å². The molecule has 3 fully saturated rings. The number of hydrogen-bond acceptors (Lipinski definition) is 3. The highest BCUT2D eigenvalue weighted by Crippen LogP contribution is 2.65. The second kappa shape index (κ2) is 6.38. The first-order chi connectivity index (χ1) is 14.5. The van der Waals surface area contributed by atoms with Crippen LogP contribution in [-0.4, -0.2) is 17.7 Å². The first-order valence-corrected chi connectivity index (χ1v) is 11.1. The van der Waals surface area contributed by atoms with Crippen molar-refractivity contribution in [1.82, 2.24) is 0 Å². The molecular formula is C24H19BrN2O3. The number of imide groups is 1. The van der Waals surface area contributed by atoms with Gasteiger partial charge in [-0.3, -0.25) is 14.4 Å². The van der Waals surface area contributed by atoms with Gasteiger partial charge in [-0.2, -0.15) is 0 Å². The maximum absolute atomic E-state index is 13.3. The van der Waals surface area contributed by atoms with Crippen LogP contribution in [0.2, 0.25) is 0 Å². The van der Waals surface area contributed by atoms with Gasteiger partial charge in [0.1, 0.15) is 0 Å². The fraction of sp³-hybridized carbons (Fsp3) is 0.292. The molecule has 6 atom stereocenters. The second-order valence-electron chi connectivity index (χ2n) is 8.68. The summed E-state index contributed by atoms with van der Waals surface area (Å²) in [6, 6.07) is 14.1. The van der Waals surface area contributed by atoms with Crippen molar-refractivity contribution in [3.05, 3.63) is 70.7 Å². The summed E-state index contributed by atoms with van der Waals surface area (Å²) in [7, 11) is 0. The van der Waals surface area contributed by atoms with Crippen molar-refractivity contribution in [2.45, 2.75) is 6.42 Å². The lowest BCUT2D eigenvalue weighted by Gasteiger charge is -2.37. The van der Waals surface area contributed by atoms with Crippen molar-refractivity contribution in [3.8, 4) is 0 Å². The van der Waals surface area contributed by atoms with Crippen LogP contribution < -0.4 is 10.2 Å². The SMILES string of the molecule is O=C(Nc1ccc(Br)cc1)c1cccc(N2C(=O)[C@@H]3[C@H]4C=C[C@@H]([C@@H]5C[C@@H]45)[C@@H]3C2=O)c1. The fourth-order valence-corrected chi connectivity index (χ4v) is 6.00. The Hall–Kier alpha value is -2.73.